The van der Waals surface area contributed by atoms with Crippen LogP contribution in [0.2, 0.25) is 0 Å². The zero-order chi connectivity index (χ0) is 15.0. The minimum Gasteiger partial charge on any atom is -0.377 e. The SMILES string of the molecule is CNC(=O)Nc1nc2c(s1)C1COCC(C2)N1C(=S)NN. The van der Waals surface area contributed by atoms with Crippen LogP contribution >= 0.6 is 23.6 Å². The van der Waals surface area contributed by atoms with Crippen molar-refractivity contribution >= 4 is 39.8 Å². The molecule has 8 nitrogen and oxygen atoms in total. The molecule has 0 saturated carbocycles. The zero-order valence-corrected chi connectivity index (χ0v) is 13.0. The molecule has 0 aromatic carbocycles. The van der Waals surface area contributed by atoms with Crippen LogP contribution in [0.5, 0.6) is 0 Å². The smallest absolute Gasteiger partial charge is 0.320 e. The summed E-state index contributed by atoms with van der Waals surface area (Å²) in [5, 5.41) is 6.31. The molecule has 1 saturated heterocycles. The summed E-state index contributed by atoms with van der Waals surface area (Å²) in [7, 11) is 1.57. The van der Waals surface area contributed by atoms with Crippen LogP contribution in [-0.2, 0) is 11.2 Å². The molecular weight excluding hydrogens is 312 g/mol. The highest BCUT2D eigenvalue weighted by atomic mass is 32.1. The number of hydrogen-bond donors (Lipinski definition) is 4. The van der Waals surface area contributed by atoms with Crippen LogP contribution in [0.3, 0.4) is 0 Å². The van der Waals surface area contributed by atoms with E-state index < -0.39 is 0 Å². The van der Waals surface area contributed by atoms with Gasteiger partial charge in [-0.15, -0.1) is 0 Å². The van der Waals surface area contributed by atoms with Crippen LogP contribution in [-0.4, -0.2) is 47.3 Å². The van der Waals surface area contributed by atoms with Crippen LogP contribution in [0.1, 0.15) is 16.6 Å². The largest absolute Gasteiger partial charge is 0.377 e. The van der Waals surface area contributed by atoms with Gasteiger partial charge in [0, 0.05) is 13.5 Å². The highest BCUT2D eigenvalue weighted by molar-refractivity contribution is 7.80. The van der Waals surface area contributed by atoms with E-state index in [1.165, 1.54) is 11.3 Å². The third-order valence-electron chi connectivity index (χ3n) is 3.58. The van der Waals surface area contributed by atoms with Gasteiger partial charge in [0.2, 0.25) is 0 Å². The number of urea groups is 1. The number of morpholine rings is 1. The molecule has 0 spiro atoms. The number of nitrogens with one attached hydrogen (secondary N) is 3. The molecule has 3 heterocycles. The summed E-state index contributed by atoms with van der Waals surface area (Å²) in [6, 6.07) is -0.167. The molecule has 2 bridgehead atoms. The van der Waals surface area contributed by atoms with Crippen molar-refractivity contribution in [2.24, 2.45) is 5.84 Å². The predicted molar refractivity (Wildman–Crippen MR) is 83.0 cm³/mol. The van der Waals surface area contributed by atoms with Crippen molar-refractivity contribution in [1.82, 2.24) is 20.6 Å². The second kappa shape index (κ2) is 5.72. The number of amides is 2. The van der Waals surface area contributed by atoms with Crippen LogP contribution in [0.4, 0.5) is 9.93 Å². The summed E-state index contributed by atoms with van der Waals surface area (Å²) in [5.41, 5.74) is 3.55. The van der Waals surface area contributed by atoms with E-state index in [-0.39, 0.29) is 18.1 Å². The molecule has 21 heavy (non-hydrogen) atoms. The number of carbonyl (C=O) groups excluding carboxylic acids is 1. The van der Waals surface area contributed by atoms with Crippen LogP contribution < -0.4 is 21.9 Å². The van der Waals surface area contributed by atoms with Gasteiger partial charge in [-0.2, -0.15) is 0 Å². The Hall–Kier alpha value is -1.49. The zero-order valence-electron chi connectivity index (χ0n) is 11.4. The number of thiocarbonyl (C=S) groups is 1. The van der Waals surface area contributed by atoms with E-state index in [0.717, 1.165) is 17.0 Å². The normalized spacial score (nSPS) is 23.2. The van der Waals surface area contributed by atoms with Gasteiger partial charge >= 0.3 is 6.03 Å². The van der Waals surface area contributed by atoms with Crippen LogP contribution in [0, 0.1) is 0 Å². The number of hydrogen-bond acceptors (Lipinski definition) is 6. The molecule has 1 aromatic heterocycles. The molecule has 10 heteroatoms. The minimum atomic E-state index is -0.281. The van der Waals surface area contributed by atoms with E-state index in [1.807, 2.05) is 0 Å². The van der Waals surface area contributed by atoms with Gasteiger partial charge in [-0.05, 0) is 12.2 Å². The van der Waals surface area contributed by atoms with E-state index in [1.54, 1.807) is 7.05 Å². The number of fused-ring (bicyclic) bond motifs is 4. The maximum Gasteiger partial charge on any atom is 0.320 e. The first-order chi connectivity index (χ1) is 10.1. The molecule has 2 aliphatic heterocycles. The molecule has 2 unspecified atom stereocenters. The molecule has 1 aromatic rings. The number of hydrazine groups is 1. The standard InChI is InChI=1S/C11H16N6O2S2/c1-13-9(18)15-10-14-6-2-5-3-19-4-7(8(6)21-10)17(5)11(20)16-12/h5,7H,2-4,12H2,1H3,(H,16,20)(H2,13,14,15,18). The molecule has 3 rings (SSSR count). The third-order valence-corrected chi connectivity index (χ3v) is 5.02. The van der Waals surface area contributed by atoms with Gasteiger partial charge in [0.1, 0.15) is 0 Å². The highest BCUT2D eigenvalue weighted by Crippen LogP contribution is 2.41. The third kappa shape index (κ3) is 2.55. The molecule has 1 fully saturated rings. The maximum absolute atomic E-state index is 11.4. The Balaban J connectivity index is 1.91. The van der Waals surface area contributed by atoms with E-state index in [0.29, 0.717) is 23.5 Å². The second-order valence-electron chi connectivity index (χ2n) is 4.80. The number of nitrogens with two attached hydrogens (primary N) is 1. The molecule has 0 radical (unpaired) electrons. The molecule has 2 atom stereocenters. The first kappa shape index (κ1) is 14.4. The lowest BCUT2D eigenvalue weighted by Gasteiger charge is -2.45. The Morgan fingerprint density at radius 3 is 3.10 bits per heavy atom. The Morgan fingerprint density at radius 2 is 2.38 bits per heavy atom. The van der Waals surface area contributed by atoms with Crippen molar-refractivity contribution in [3.05, 3.63) is 10.6 Å². The van der Waals surface area contributed by atoms with Crippen molar-refractivity contribution in [3.8, 4) is 0 Å². The fourth-order valence-electron chi connectivity index (χ4n) is 2.68. The van der Waals surface area contributed by atoms with Crippen molar-refractivity contribution in [3.63, 3.8) is 0 Å². The number of ether oxygens (including phenoxy) is 1. The lowest BCUT2D eigenvalue weighted by molar-refractivity contribution is -0.0211. The van der Waals surface area contributed by atoms with Gasteiger partial charge in [-0.25, -0.2) is 15.6 Å². The van der Waals surface area contributed by atoms with E-state index in [2.05, 4.69) is 25.9 Å². The first-order valence-corrected chi connectivity index (χ1v) is 7.71. The summed E-state index contributed by atoms with van der Waals surface area (Å²) in [4.78, 5) is 19.1. The number of aromatic nitrogens is 1. The Kier molecular flexibility index (Phi) is 3.93. The monoisotopic (exact) mass is 328 g/mol. The van der Waals surface area contributed by atoms with Gasteiger partial charge in [0.15, 0.2) is 10.2 Å². The molecule has 2 aliphatic rings. The quantitative estimate of drug-likeness (QED) is 0.325. The minimum absolute atomic E-state index is 0.00575. The van der Waals surface area contributed by atoms with Crippen LogP contribution in [0.15, 0.2) is 0 Å². The van der Waals surface area contributed by atoms with Crippen molar-refractivity contribution in [2.45, 2.75) is 18.5 Å². The number of anilines is 1. The van der Waals surface area contributed by atoms with Gasteiger partial charge in [0.25, 0.3) is 0 Å². The number of rotatable bonds is 1. The molecular formula is C11H16N6O2S2. The maximum atomic E-state index is 11.4. The number of thiazole rings is 1. The molecule has 2 amide bonds. The predicted octanol–water partition coefficient (Wildman–Crippen LogP) is -0.0594. The lowest BCUT2D eigenvalue weighted by Crippen LogP contribution is -2.57. The van der Waals surface area contributed by atoms with Crippen LogP contribution in [0.25, 0.3) is 0 Å². The number of nitrogens with zero attached hydrogens (tertiary/aromatic N) is 2. The Bertz CT molecular complexity index is 577. The summed E-state index contributed by atoms with van der Waals surface area (Å²) < 4.78 is 5.64. The second-order valence-corrected chi connectivity index (χ2v) is 6.22. The van der Waals surface area contributed by atoms with Gasteiger partial charge in [-0.1, -0.05) is 11.3 Å². The number of carbonyl (C=O) groups is 1. The summed E-state index contributed by atoms with van der Waals surface area (Å²) in [6.07, 6.45) is 0.722. The van der Waals surface area contributed by atoms with Gasteiger partial charge in [0.05, 0.1) is 35.9 Å². The molecule has 5 N–H and O–H groups in total. The summed E-state index contributed by atoms with van der Waals surface area (Å²) in [5.74, 6) is 5.46. The molecule has 0 aliphatic carbocycles. The van der Waals surface area contributed by atoms with Gasteiger partial charge < -0.3 is 20.4 Å². The summed E-state index contributed by atoms with van der Waals surface area (Å²) in [6.45, 7) is 1.13. The Labute approximate surface area is 131 Å². The van der Waals surface area contributed by atoms with Crippen molar-refractivity contribution < 1.29 is 9.53 Å². The van der Waals surface area contributed by atoms with Crippen molar-refractivity contribution in [2.75, 3.05) is 25.6 Å². The van der Waals surface area contributed by atoms with Crippen molar-refractivity contribution in [1.29, 1.82) is 0 Å². The van der Waals surface area contributed by atoms with E-state index >= 15 is 0 Å². The van der Waals surface area contributed by atoms with E-state index in [9.17, 15) is 4.79 Å². The first-order valence-electron chi connectivity index (χ1n) is 6.49. The van der Waals surface area contributed by atoms with Gasteiger partial charge in [-0.3, -0.25) is 5.32 Å². The lowest BCUT2D eigenvalue weighted by atomic mass is 9.97. The Morgan fingerprint density at radius 1 is 1.57 bits per heavy atom. The van der Waals surface area contributed by atoms with E-state index in [4.69, 9.17) is 22.8 Å². The summed E-state index contributed by atoms with van der Waals surface area (Å²) >= 11 is 6.74. The fourth-order valence-corrected chi connectivity index (χ4v) is 4.03. The average Bonchev–Trinajstić information content (AvgIpc) is 2.87. The fraction of sp³-hybridized carbons (Fsp3) is 0.545. The topological polar surface area (TPSA) is 105 Å². The average molecular weight is 328 g/mol. The highest BCUT2D eigenvalue weighted by Gasteiger charge is 2.41. The molecule has 114 valence electrons.